The Morgan fingerprint density at radius 3 is 2.11 bits per heavy atom. The van der Waals surface area contributed by atoms with Crippen LogP contribution >= 0.6 is 0 Å². The number of carbonyl (C=O) groups is 1. The predicted molar refractivity (Wildman–Crippen MR) is 108 cm³/mol. The van der Waals surface area contributed by atoms with Crippen LogP contribution < -0.4 is 9.64 Å². The van der Waals surface area contributed by atoms with Gasteiger partial charge in [-0.05, 0) is 29.8 Å². The van der Waals surface area contributed by atoms with Gasteiger partial charge in [0.25, 0.3) is 0 Å². The molecule has 0 radical (unpaired) electrons. The molecule has 0 atom stereocenters. The van der Waals surface area contributed by atoms with Gasteiger partial charge in [-0.1, -0.05) is 30.3 Å². The SMILES string of the molecule is COc1ccc(N(CC(=O)N(CCC#N)CCC#N)Cc2ccccc2)cc1. The van der Waals surface area contributed by atoms with Crippen LogP contribution in [0.3, 0.4) is 0 Å². The lowest BCUT2D eigenvalue weighted by molar-refractivity contribution is -0.129. The van der Waals surface area contributed by atoms with E-state index < -0.39 is 0 Å². The smallest absolute Gasteiger partial charge is 0.242 e. The van der Waals surface area contributed by atoms with Gasteiger partial charge in [0, 0.05) is 25.3 Å². The number of rotatable bonds is 10. The molecule has 0 aliphatic carbocycles. The van der Waals surface area contributed by atoms with Gasteiger partial charge in [-0.15, -0.1) is 0 Å². The molecule has 6 heteroatoms. The van der Waals surface area contributed by atoms with E-state index in [-0.39, 0.29) is 25.3 Å². The summed E-state index contributed by atoms with van der Waals surface area (Å²) in [5.41, 5.74) is 1.99. The van der Waals surface area contributed by atoms with Crippen LogP contribution in [-0.2, 0) is 11.3 Å². The molecule has 0 heterocycles. The minimum absolute atomic E-state index is 0.0998. The zero-order chi connectivity index (χ0) is 20.2. The number of ether oxygens (including phenoxy) is 1. The van der Waals surface area contributed by atoms with Crippen LogP contribution in [-0.4, -0.2) is 37.6 Å². The first-order valence-electron chi connectivity index (χ1n) is 9.12. The van der Waals surface area contributed by atoms with Crippen molar-refractivity contribution in [2.75, 3.05) is 31.6 Å². The maximum atomic E-state index is 12.9. The van der Waals surface area contributed by atoms with Gasteiger partial charge < -0.3 is 14.5 Å². The number of nitrogens with zero attached hydrogens (tertiary/aromatic N) is 4. The summed E-state index contributed by atoms with van der Waals surface area (Å²) in [5.74, 6) is 0.650. The zero-order valence-corrected chi connectivity index (χ0v) is 16.0. The van der Waals surface area contributed by atoms with Crippen molar-refractivity contribution in [2.45, 2.75) is 19.4 Å². The van der Waals surface area contributed by atoms with E-state index in [4.69, 9.17) is 15.3 Å². The van der Waals surface area contributed by atoms with Gasteiger partial charge in [0.1, 0.15) is 5.75 Å². The minimum Gasteiger partial charge on any atom is -0.497 e. The molecule has 0 N–H and O–H groups in total. The fraction of sp³-hybridized carbons (Fsp3) is 0.318. The summed E-state index contributed by atoms with van der Waals surface area (Å²) in [6.07, 6.45) is 0.497. The molecule has 0 unspecified atom stereocenters. The lowest BCUT2D eigenvalue weighted by Gasteiger charge is -2.28. The molecule has 2 rings (SSSR count). The fourth-order valence-electron chi connectivity index (χ4n) is 2.83. The highest BCUT2D eigenvalue weighted by molar-refractivity contribution is 5.81. The molecule has 0 aliphatic rings. The Hall–Kier alpha value is -3.51. The van der Waals surface area contributed by atoms with Gasteiger partial charge in [-0.3, -0.25) is 4.79 Å². The maximum Gasteiger partial charge on any atom is 0.242 e. The van der Waals surface area contributed by atoms with E-state index >= 15 is 0 Å². The monoisotopic (exact) mass is 376 g/mol. The van der Waals surface area contributed by atoms with Crippen molar-refractivity contribution in [2.24, 2.45) is 0 Å². The van der Waals surface area contributed by atoms with E-state index in [0.717, 1.165) is 17.0 Å². The molecule has 144 valence electrons. The number of anilines is 1. The van der Waals surface area contributed by atoms with Gasteiger partial charge >= 0.3 is 0 Å². The molecule has 0 spiro atoms. The molecule has 0 saturated carbocycles. The van der Waals surface area contributed by atoms with E-state index in [1.807, 2.05) is 59.5 Å². The Morgan fingerprint density at radius 2 is 1.57 bits per heavy atom. The Bertz CT molecular complexity index is 804. The molecule has 0 fully saturated rings. The van der Waals surface area contributed by atoms with Crippen molar-refractivity contribution < 1.29 is 9.53 Å². The van der Waals surface area contributed by atoms with Gasteiger partial charge in [0.15, 0.2) is 0 Å². The van der Waals surface area contributed by atoms with Crippen LogP contribution in [0.15, 0.2) is 54.6 Å². The molecular formula is C22H24N4O2. The third-order valence-electron chi connectivity index (χ3n) is 4.32. The average molecular weight is 376 g/mol. The Labute approximate surface area is 166 Å². The van der Waals surface area contributed by atoms with Crippen LogP contribution in [0.5, 0.6) is 5.75 Å². The molecular weight excluding hydrogens is 352 g/mol. The number of carbonyl (C=O) groups excluding carboxylic acids is 1. The summed E-state index contributed by atoms with van der Waals surface area (Å²) in [5, 5.41) is 17.7. The Morgan fingerprint density at radius 1 is 0.964 bits per heavy atom. The lowest BCUT2D eigenvalue weighted by Crippen LogP contribution is -2.41. The van der Waals surface area contributed by atoms with Crippen molar-refractivity contribution >= 4 is 11.6 Å². The van der Waals surface area contributed by atoms with Gasteiger partial charge in [-0.25, -0.2) is 0 Å². The van der Waals surface area contributed by atoms with Crippen molar-refractivity contribution in [3.05, 3.63) is 60.2 Å². The highest BCUT2D eigenvalue weighted by Gasteiger charge is 2.18. The number of nitriles is 2. The van der Waals surface area contributed by atoms with E-state index in [1.165, 1.54) is 0 Å². The fourth-order valence-corrected chi connectivity index (χ4v) is 2.83. The van der Waals surface area contributed by atoms with Crippen molar-refractivity contribution in [1.29, 1.82) is 10.5 Å². The number of methoxy groups -OCH3 is 1. The summed E-state index contributed by atoms with van der Waals surface area (Å²) in [4.78, 5) is 16.5. The average Bonchev–Trinajstić information content (AvgIpc) is 2.74. The van der Waals surface area contributed by atoms with Crippen molar-refractivity contribution in [3.63, 3.8) is 0 Å². The van der Waals surface area contributed by atoms with Crippen LogP contribution in [0.2, 0.25) is 0 Å². The molecule has 1 amide bonds. The number of hydrogen-bond acceptors (Lipinski definition) is 5. The normalized spacial score (nSPS) is 9.82. The summed E-state index contributed by atoms with van der Waals surface area (Å²) in [6, 6.07) is 21.6. The molecule has 0 aromatic heterocycles. The highest BCUT2D eigenvalue weighted by Crippen LogP contribution is 2.21. The van der Waals surface area contributed by atoms with Gasteiger partial charge in [-0.2, -0.15) is 10.5 Å². The van der Waals surface area contributed by atoms with Crippen LogP contribution in [0.25, 0.3) is 0 Å². The maximum absolute atomic E-state index is 12.9. The molecule has 0 saturated heterocycles. The molecule has 6 nitrogen and oxygen atoms in total. The van der Waals surface area contributed by atoms with E-state index in [0.29, 0.717) is 19.6 Å². The summed E-state index contributed by atoms with van der Waals surface area (Å²) in [6.45, 7) is 1.40. The second-order valence-electron chi connectivity index (χ2n) is 6.24. The first kappa shape index (κ1) is 20.8. The Balaban J connectivity index is 2.20. The van der Waals surface area contributed by atoms with Crippen molar-refractivity contribution in [3.8, 4) is 17.9 Å². The summed E-state index contributed by atoms with van der Waals surface area (Å²) < 4.78 is 5.22. The molecule has 28 heavy (non-hydrogen) atoms. The van der Waals surface area contributed by atoms with E-state index in [2.05, 4.69) is 12.1 Å². The number of hydrogen-bond donors (Lipinski definition) is 0. The largest absolute Gasteiger partial charge is 0.497 e. The predicted octanol–water partition coefficient (Wildman–Crippen LogP) is 3.36. The third-order valence-corrected chi connectivity index (χ3v) is 4.32. The Kier molecular flexibility index (Phi) is 8.36. The van der Waals surface area contributed by atoms with E-state index in [1.54, 1.807) is 12.0 Å². The molecule has 2 aromatic carbocycles. The summed E-state index contributed by atoms with van der Waals surface area (Å²) in [7, 11) is 1.61. The van der Waals surface area contributed by atoms with Crippen LogP contribution in [0.1, 0.15) is 18.4 Å². The standard InChI is InChI=1S/C22H24N4O2/c1-28-21-11-9-20(10-12-21)26(17-19-7-3-2-4-8-19)18-22(27)25(15-5-13-23)16-6-14-24/h2-4,7-12H,5-6,15-18H2,1H3. The molecule has 2 aromatic rings. The molecule has 0 aliphatic heterocycles. The number of amides is 1. The highest BCUT2D eigenvalue weighted by atomic mass is 16.5. The topological polar surface area (TPSA) is 80.4 Å². The van der Waals surface area contributed by atoms with E-state index in [9.17, 15) is 4.79 Å². The van der Waals surface area contributed by atoms with Crippen molar-refractivity contribution in [1.82, 2.24) is 4.90 Å². The van der Waals surface area contributed by atoms with Crippen LogP contribution in [0.4, 0.5) is 5.69 Å². The van der Waals surface area contributed by atoms with Gasteiger partial charge in [0.2, 0.25) is 5.91 Å². The second-order valence-corrected chi connectivity index (χ2v) is 6.24. The first-order chi connectivity index (χ1) is 13.7. The zero-order valence-electron chi connectivity index (χ0n) is 16.0. The number of benzene rings is 2. The summed E-state index contributed by atoms with van der Waals surface area (Å²) >= 11 is 0. The minimum atomic E-state index is -0.0998. The van der Waals surface area contributed by atoms with Crippen LogP contribution in [0, 0.1) is 22.7 Å². The quantitative estimate of drug-likeness (QED) is 0.635. The third kappa shape index (κ3) is 6.34. The lowest BCUT2D eigenvalue weighted by atomic mass is 10.2. The first-order valence-corrected chi connectivity index (χ1v) is 9.12. The van der Waals surface area contributed by atoms with Gasteiger partial charge in [0.05, 0.1) is 38.6 Å². The second kappa shape index (κ2) is 11.3. The molecule has 0 bridgehead atoms.